The number of sulfonamides is 1. The molecule has 2 saturated carbocycles. The molecule has 4 aromatic rings. The van der Waals surface area contributed by atoms with Gasteiger partial charge in [0.2, 0.25) is 10.0 Å². The summed E-state index contributed by atoms with van der Waals surface area (Å²) in [7, 11) is -3.82. The lowest BCUT2D eigenvalue weighted by Crippen LogP contribution is -2.38. The van der Waals surface area contributed by atoms with E-state index in [2.05, 4.69) is 14.9 Å². The molecule has 8 rings (SSSR count). The molecule has 50 heavy (non-hydrogen) atoms. The lowest BCUT2D eigenvalue weighted by Gasteiger charge is -2.17. The summed E-state index contributed by atoms with van der Waals surface area (Å²) < 4.78 is 64.2. The van der Waals surface area contributed by atoms with E-state index < -0.39 is 32.9 Å². The molecule has 4 fully saturated rings. The molecule has 266 valence electrons. The van der Waals surface area contributed by atoms with Crippen molar-refractivity contribution in [1.82, 2.24) is 14.9 Å². The van der Waals surface area contributed by atoms with Crippen molar-refractivity contribution in [3.05, 3.63) is 57.3 Å². The van der Waals surface area contributed by atoms with Crippen LogP contribution in [-0.4, -0.2) is 72.9 Å². The number of nitrogens with one attached hydrogen (secondary N) is 1. The van der Waals surface area contributed by atoms with E-state index in [1.54, 1.807) is 31.2 Å². The molecule has 16 heteroatoms. The Bertz CT molecular complexity index is 2060. The van der Waals surface area contributed by atoms with Crippen LogP contribution in [0.25, 0.3) is 21.5 Å². The van der Waals surface area contributed by atoms with Gasteiger partial charge in [-0.15, -0.1) is 0 Å². The molecular formula is C34H35Cl2N3O9S2. The number of ether oxygens (including phenoxy) is 5. The molecule has 0 unspecified atom stereocenters. The van der Waals surface area contributed by atoms with Crippen molar-refractivity contribution in [2.75, 3.05) is 13.2 Å². The number of rotatable bonds is 12. The van der Waals surface area contributed by atoms with Crippen LogP contribution >= 0.6 is 34.5 Å². The first-order valence-electron chi connectivity index (χ1n) is 16.5. The number of halogens is 2. The summed E-state index contributed by atoms with van der Waals surface area (Å²) >= 11 is 14.3. The maximum atomic E-state index is 13.1. The second-order valence-electron chi connectivity index (χ2n) is 13.7. The van der Waals surface area contributed by atoms with Gasteiger partial charge >= 0.3 is 0 Å². The topological polar surface area (TPSA) is 148 Å². The number of nitrogens with zero attached hydrogens (tertiary/aromatic N) is 2. The third-order valence-electron chi connectivity index (χ3n) is 9.52. The Morgan fingerprint density at radius 3 is 2.48 bits per heavy atom. The molecule has 2 saturated heterocycles. The Morgan fingerprint density at radius 2 is 1.80 bits per heavy atom. The summed E-state index contributed by atoms with van der Waals surface area (Å²) in [6.45, 7) is 6.11. The van der Waals surface area contributed by atoms with Crippen LogP contribution in [-0.2, 0) is 30.8 Å². The second-order valence-corrected chi connectivity index (χ2v) is 17.7. The Labute approximate surface area is 302 Å². The van der Waals surface area contributed by atoms with E-state index in [9.17, 15) is 13.2 Å². The molecule has 4 heterocycles. The Balaban J connectivity index is 0.974. The number of thiazole rings is 1. The van der Waals surface area contributed by atoms with Gasteiger partial charge < -0.3 is 28.2 Å². The van der Waals surface area contributed by atoms with E-state index in [1.165, 1.54) is 17.4 Å². The summed E-state index contributed by atoms with van der Waals surface area (Å²) in [4.78, 5) is 17.8. The van der Waals surface area contributed by atoms with E-state index in [4.69, 9.17) is 51.4 Å². The van der Waals surface area contributed by atoms with Crippen molar-refractivity contribution >= 4 is 60.7 Å². The average molecular weight is 765 g/mol. The van der Waals surface area contributed by atoms with Crippen LogP contribution in [0.2, 0.25) is 10.0 Å². The molecule has 1 N–H and O–H groups in total. The van der Waals surface area contributed by atoms with Crippen molar-refractivity contribution in [2.24, 2.45) is 0 Å². The molecule has 2 aliphatic heterocycles. The Hall–Kier alpha value is -2.98. The summed E-state index contributed by atoms with van der Waals surface area (Å²) in [5.74, 6) is 0.705. The predicted molar refractivity (Wildman–Crippen MR) is 186 cm³/mol. The zero-order valence-corrected chi connectivity index (χ0v) is 30.6. The van der Waals surface area contributed by atoms with Gasteiger partial charge in [-0.25, -0.2) is 13.1 Å². The second kappa shape index (κ2) is 12.9. The molecule has 0 radical (unpaired) electrons. The van der Waals surface area contributed by atoms with E-state index in [0.29, 0.717) is 61.9 Å². The van der Waals surface area contributed by atoms with Gasteiger partial charge in [0, 0.05) is 22.6 Å². The van der Waals surface area contributed by atoms with Crippen LogP contribution in [0.4, 0.5) is 0 Å². The average Bonchev–Trinajstić information content (AvgIpc) is 3.83. The fourth-order valence-corrected chi connectivity index (χ4v) is 9.04. The fourth-order valence-electron chi connectivity index (χ4n) is 6.29. The van der Waals surface area contributed by atoms with Crippen LogP contribution in [0.15, 0.2) is 34.9 Å². The van der Waals surface area contributed by atoms with E-state index in [0.717, 1.165) is 24.2 Å². The van der Waals surface area contributed by atoms with Gasteiger partial charge in [0.15, 0.2) is 6.10 Å². The highest BCUT2D eigenvalue weighted by molar-refractivity contribution is 7.91. The fraction of sp³-hybridized carbons (Fsp3) is 0.500. The first-order valence-corrected chi connectivity index (χ1v) is 19.6. The molecule has 0 spiro atoms. The van der Waals surface area contributed by atoms with Crippen LogP contribution < -0.4 is 14.2 Å². The minimum atomic E-state index is -3.82. The van der Waals surface area contributed by atoms with Gasteiger partial charge in [-0.2, -0.15) is 4.98 Å². The predicted octanol–water partition coefficient (Wildman–Crippen LogP) is 6.67. The number of amides is 1. The number of fused-ring (bicyclic) bond motifs is 2. The van der Waals surface area contributed by atoms with Crippen LogP contribution in [0.3, 0.4) is 0 Å². The highest BCUT2D eigenvalue weighted by Gasteiger charge is 2.51. The third-order valence-corrected chi connectivity index (χ3v) is 13.2. The van der Waals surface area contributed by atoms with E-state index in [1.807, 2.05) is 13.8 Å². The van der Waals surface area contributed by atoms with Gasteiger partial charge in [0.05, 0.1) is 45.4 Å². The molecule has 1 amide bonds. The van der Waals surface area contributed by atoms with Crippen molar-refractivity contribution < 1.29 is 41.4 Å². The molecule has 2 aliphatic carbocycles. The number of benzene rings is 2. The van der Waals surface area contributed by atoms with Crippen LogP contribution in [0, 0.1) is 0 Å². The number of aromatic nitrogens is 2. The Kier molecular flexibility index (Phi) is 8.81. The molecule has 0 bridgehead atoms. The summed E-state index contributed by atoms with van der Waals surface area (Å²) in [6, 6.07) is 8.43. The lowest BCUT2D eigenvalue weighted by atomic mass is 10.0. The minimum absolute atomic E-state index is 0.150. The highest BCUT2D eigenvalue weighted by Crippen LogP contribution is 2.47. The molecule has 2 aromatic heterocycles. The standard InChI is InChI=1S/C34H35Cl2N3O9S2/c1-16(2)46-22-11-18(32(40)39-50(41,42)34(3)9-10-34)12-25-28(22)37-33(49-25)47-24-15-45-30-23(14-44-31(24)30)43-13-19-27(38-48-29(19)17-7-8-17)26-20(35)5-4-6-21(26)36/h4-6,11-12,16-17,23-24,30-31H,7-10,13-15H2,1-3H3,(H,39,40)/t23-,24-,30-,31-/m1/s1. The Morgan fingerprint density at radius 1 is 1.10 bits per heavy atom. The van der Waals surface area contributed by atoms with Crippen molar-refractivity contribution in [1.29, 1.82) is 0 Å². The summed E-state index contributed by atoms with van der Waals surface area (Å²) in [5.41, 5.74) is 2.66. The van der Waals surface area contributed by atoms with Crippen molar-refractivity contribution in [3.63, 3.8) is 0 Å². The van der Waals surface area contributed by atoms with Crippen molar-refractivity contribution in [3.8, 4) is 22.2 Å². The monoisotopic (exact) mass is 763 g/mol. The number of hydrogen-bond acceptors (Lipinski definition) is 12. The van der Waals surface area contributed by atoms with Crippen LogP contribution in [0.1, 0.15) is 74.1 Å². The summed E-state index contributed by atoms with van der Waals surface area (Å²) in [5, 5.41) is 5.65. The minimum Gasteiger partial charge on any atom is -0.489 e. The third kappa shape index (κ3) is 6.37. The maximum absolute atomic E-state index is 13.1. The van der Waals surface area contributed by atoms with Gasteiger partial charge in [-0.05, 0) is 70.7 Å². The molecule has 2 aromatic carbocycles. The lowest BCUT2D eigenvalue weighted by molar-refractivity contribution is -0.0428. The molecule has 4 atom stereocenters. The largest absolute Gasteiger partial charge is 0.489 e. The van der Waals surface area contributed by atoms with Gasteiger partial charge in [-0.3, -0.25) is 4.79 Å². The number of carbonyl (C=O) groups excluding carboxylic acids is 1. The molecule has 4 aliphatic rings. The van der Waals surface area contributed by atoms with Gasteiger partial charge in [0.25, 0.3) is 11.1 Å². The SMILES string of the molecule is CC(C)Oc1cc(C(=O)NS(=O)(=O)C2(C)CC2)cc2sc(O[C@@H]3CO[C@H]4[C@@H]3OC[C@H]4OCc3c(-c4c(Cl)cccc4Cl)noc3C3CC3)nc12. The first-order chi connectivity index (χ1) is 23.9. The van der Waals surface area contributed by atoms with Crippen molar-refractivity contribution in [2.45, 2.75) is 94.2 Å². The quantitative estimate of drug-likeness (QED) is 0.165. The summed E-state index contributed by atoms with van der Waals surface area (Å²) in [6.07, 6.45) is 1.21. The molecular weight excluding hydrogens is 729 g/mol. The first kappa shape index (κ1) is 34.1. The zero-order chi connectivity index (χ0) is 34.9. The van der Waals surface area contributed by atoms with Gasteiger partial charge in [0.1, 0.15) is 41.0 Å². The van der Waals surface area contributed by atoms with E-state index in [-0.39, 0.29) is 43.0 Å². The number of carbonyl (C=O) groups is 1. The van der Waals surface area contributed by atoms with Gasteiger partial charge in [-0.1, -0.05) is 45.8 Å². The smallest absolute Gasteiger partial charge is 0.274 e. The van der Waals surface area contributed by atoms with Crippen LogP contribution in [0.5, 0.6) is 10.9 Å². The maximum Gasteiger partial charge on any atom is 0.274 e. The number of hydrogen-bond donors (Lipinski definition) is 1. The van der Waals surface area contributed by atoms with E-state index >= 15 is 0 Å². The normalized spacial score (nSPS) is 24.1. The zero-order valence-electron chi connectivity index (χ0n) is 27.4. The molecule has 12 nitrogen and oxygen atoms in total. The highest BCUT2D eigenvalue weighted by atomic mass is 35.5.